The fraction of sp³-hybridized carbons (Fsp3) is 0.100. The molecule has 0 fully saturated rings. The minimum absolute atomic E-state index is 0.255. The van der Waals surface area contributed by atoms with Gasteiger partial charge in [0.1, 0.15) is 17.3 Å². The number of hydrogen-bond acceptors (Lipinski definition) is 5. The molecule has 1 heterocycles. The number of methoxy groups -OCH3 is 2. The maximum absolute atomic E-state index is 12.2. The first-order valence-corrected chi connectivity index (χ1v) is 8.49. The Morgan fingerprint density at radius 3 is 2.41 bits per heavy atom. The molecule has 138 valence electrons. The fourth-order valence-corrected chi connectivity index (χ4v) is 2.52. The van der Waals surface area contributed by atoms with Crippen LogP contribution < -0.4 is 20.1 Å². The van der Waals surface area contributed by atoms with Crippen LogP contribution in [-0.2, 0) is 0 Å². The van der Waals surface area contributed by atoms with E-state index in [0.29, 0.717) is 27.9 Å². The highest BCUT2D eigenvalue weighted by Crippen LogP contribution is 2.31. The standard InChI is InChI=1S/C20H18ClN3O3/c1-26-16-8-9-18(27-2)17(11-16)23-15-7-10-19(22-12-15)24-20(25)13-3-5-14(21)6-4-13/h3-12,23H,1-2H3,(H,22,24,25). The highest BCUT2D eigenvalue weighted by Gasteiger charge is 2.08. The number of carbonyl (C=O) groups is 1. The molecule has 0 saturated carbocycles. The third kappa shape index (κ3) is 4.68. The van der Waals surface area contributed by atoms with E-state index in [1.54, 1.807) is 50.7 Å². The summed E-state index contributed by atoms with van der Waals surface area (Å²) in [6.07, 6.45) is 1.62. The van der Waals surface area contributed by atoms with E-state index in [1.165, 1.54) is 0 Å². The first-order chi connectivity index (χ1) is 13.1. The zero-order valence-corrected chi connectivity index (χ0v) is 15.6. The van der Waals surface area contributed by atoms with E-state index in [1.807, 2.05) is 24.3 Å². The Bertz CT molecular complexity index is 928. The molecule has 2 aromatic carbocycles. The van der Waals surface area contributed by atoms with Crippen molar-refractivity contribution >= 4 is 34.7 Å². The Morgan fingerprint density at radius 2 is 1.78 bits per heavy atom. The van der Waals surface area contributed by atoms with Crippen molar-refractivity contribution in [2.75, 3.05) is 24.9 Å². The van der Waals surface area contributed by atoms with Gasteiger partial charge in [0, 0.05) is 16.7 Å². The summed E-state index contributed by atoms with van der Waals surface area (Å²) in [6.45, 7) is 0. The van der Waals surface area contributed by atoms with Gasteiger partial charge in [0.05, 0.1) is 31.8 Å². The van der Waals surface area contributed by atoms with Gasteiger partial charge in [0.25, 0.3) is 5.91 Å². The maximum atomic E-state index is 12.2. The van der Waals surface area contributed by atoms with Gasteiger partial charge in [-0.2, -0.15) is 0 Å². The molecule has 0 aliphatic rings. The first-order valence-electron chi connectivity index (χ1n) is 8.11. The summed E-state index contributed by atoms with van der Waals surface area (Å²) >= 11 is 5.83. The minimum Gasteiger partial charge on any atom is -0.497 e. The molecular weight excluding hydrogens is 366 g/mol. The minimum atomic E-state index is -0.255. The van der Waals surface area contributed by atoms with Crippen molar-refractivity contribution < 1.29 is 14.3 Å². The number of carbonyl (C=O) groups excluding carboxylic acids is 1. The maximum Gasteiger partial charge on any atom is 0.256 e. The smallest absolute Gasteiger partial charge is 0.256 e. The summed E-state index contributed by atoms with van der Waals surface area (Å²) in [5, 5.41) is 6.54. The van der Waals surface area contributed by atoms with Gasteiger partial charge in [-0.25, -0.2) is 4.98 Å². The highest BCUT2D eigenvalue weighted by molar-refractivity contribution is 6.30. The van der Waals surface area contributed by atoms with E-state index >= 15 is 0 Å². The molecule has 0 spiro atoms. The number of benzene rings is 2. The number of anilines is 3. The highest BCUT2D eigenvalue weighted by atomic mass is 35.5. The van der Waals surface area contributed by atoms with Gasteiger partial charge < -0.3 is 20.1 Å². The fourth-order valence-electron chi connectivity index (χ4n) is 2.40. The van der Waals surface area contributed by atoms with Crippen LogP contribution in [0.3, 0.4) is 0 Å². The summed E-state index contributed by atoms with van der Waals surface area (Å²) in [7, 11) is 3.20. The number of amides is 1. The van der Waals surface area contributed by atoms with E-state index in [4.69, 9.17) is 21.1 Å². The number of aromatic nitrogens is 1. The van der Waals surface area contributed by atoms with Gasteiger partial charge in [-0.05, 0) is 48.5 Å². The molecule has 3 aromatic rings. The van der Waals surface area contributed by atoms with Crippen molar-refractivity contribution in [1.29, 1.82) is 0 Å². The monoisotopic (exact) mass is 383 g/mol. The average Bonchev–Trinajstić information content (AvgIpc) is 2.70. The van der Waals surface area contributed by atoms with Crippen molar-refractivity contribution in [2.24, 2.45) is 0 Å². The third-order valence-electron chi connectivity index (χ3n) is 3.80. The second-order valence-electron chi connectivity index (χ2n) is 5.58. The summed E-state index contributed by atoms with van der Waals surface area (Å²) < 4.78 is 10.6. The van der Waals surface area contributed by atoms with Gasteiger partial charge >= 0.3 is 0 Å². The SMILES string of the molecule is COc1ccc(OC)c(Nc2ccc(NC(=O)c3ccc(Cl)cc3)nc2)c1. The first kappa shape index (κ1) is 18.5. The second kappa shape index (κ2) is 8.42. The van der Waals surface area contributed by atoms with Crippen molar-refractivity contribution in [3.8, 4) is 11.5 Å². The molecule has 0 bridgehead atoms. The quantitative estimate of drug-likeness (QED) is 0.642. The van der Waals surface area contributed by atoms with Crippen molar-refractivity contribution in [1.82, 2.24) is 4.98 Å². The van der Waals surface area contributed by atoms with Crippen LogP contribution in [0.2, 0.25) is 5.02 Å². The van der Waals surface area contributed by atoms with Gasteiger partial charge in [-0.3, -0.25) is 4.79 Å². The molecule has 3 rings (SSSR count). The van der Waals surface area contributed by atoms with E-state index in [0.717, 1.165) is 11.4 Å². The van der Waals surface area contributed by atoms with Crippen LogP contribution in [0.25, 0.3) is 0 Å². The number of ether oxygens (including phenoxy) is 2. The number of halogens is 1. The zero-order valence-electron chi connectivity index (χ0n) is 14.8. The van der Waals surface area contributed by atoms with E-state index < -0.39 is 0 Å². The zero-order chi connectivity index (χ0) is 19.2. The van der Waals surface area contributed by atoms with Gasteiger partial charge in [0.15, 0.2) is 0 Å². The Balaban J connectivity index is 1.70. The van der Waals surface area contributed by atoms with Crippen LogP contribution in [0.15, 0.2) is 60.8 Å². The van der Waals surface area contributed by atoms with Gasteiger partial charge in [-0.1, -0.05) is 11.6 Å². The van der Waals surface area contributed by atoms with E-state index in [-0.39, 0.29) is 5.91 Å². The number of nitrogens with zero attached hydrogens (tertiary/aromatic N) is 1. The lowest BCUT2D eigenvalue weighted by molar-refractivity contribution is 0.102. The molecule has 0 saturated heterocycles. The molecule has 2 N–H and O–H groups in total. The van der Waals surface area contributed by atoms with Crippen LogP contribution in [0, 0.1) is 0 Å². The number of pyridine rings is 1. The van der Waals surface area contributed by atoms with Crippen LogP contribution in [0.5, 0.6) is 11.5 Å². The van der Waals surface area contributed by atoms with Crippen molar-refractivity contribution in [3.05, 3.63) is 71.4 Å². The topological polar surface area (TPSA) is 72.5 Å². The van der Waals surface area contributed by atoms with Gasteiger partial charge in [0.2, 0.25) is 0 Å². The van der Waals surface area contributed by atoms with Crippen molar-refractivity contribution in [3.63, 3.8) is 0 Å². The van der Waals surface area contributed by atoms with Crippen LogP contribution in [-0.4, -0.2) is 25.1 Å². The third-order valence-corrected chi connectivity index (χ3v) is 4.05. The Kier molecular flexibility index (Phi) is 5.78. The summed E-state index contributed by atoms with van der Waals surface area (Å²) in [5.41, 5.74) is 1.99. The Hall–Kier alpha value is -3.25. The number of nitrogens with one attached hydrogen (secondary N) is 2. The molecule has 7 heteroatoms. The van der Waals surface area contributed by atoms with Crippen molar-refractivity contribution in [2.45, 2.75) is 0 Å². The molecule has 27 heavy (non-hydrogen) atoms. The summed E-state index contributed by atoms with van der Waals surface area (Å²) in [6, 6.07) is 15.6. The predicted octanol–water partition coefficient (Wildman–Crippen LogP) is 4.75. The Labute approximate surface area is 162 Å². The normalized spacial score (nSPS) is 10.2. The van der Waals surface area contributed by atoms with E-state index in [9.17, 15) is 4.79 Å². The lowest BCUT2D eigenvalue weighted by atomic mass is 10.2. The number of hydrogen-bond donors (Lipinski definition) is 2. The molecule has 0 unspecified atom stereocenters. The largest absolute Gasteiger partial charge is 0.497 e. The average molecular weight is 384 g/mol. The lowest BCUT2D eigenvalue weighted by Gasteiger charge is -2.13. The van der Waals surface area contributed by atoms with E-state index in [2.05, 4.69) is 15.6 Å². The molecule has 6 nitrogen and oxygen atoms in total. The van der Waals surface area contributed by atoms with Crippen LogP contribution in [0.1, 0.15) is 10.4 Å². The molecule has 1 amide bonds. The second-order valence-corrected chi connectivity index (χ2v) is 6.02. The lowest BCUT2D eigenvalue weighted by Crippen LogP contribution is -2.12. The number of rotatable bonds is 6. The van der Waals surface area contributed by atoms with Gasteiger partial charge in [-0.15, -0.1) is 0 Å². The van der Waals surface area contributed by atoms with Crippen LogP contribution in [0.4, 0.5) is 17.2 Å². The Morgan fingerprint density at radius 1 is 1.00 bits per heavy atom. The molecule has 0 atom stereocenters. The summed E-state index contributed by atoms with van der Waals surface area (Å²) in [5.74, 6) is 1.57. The molecule has 0 aliphatic carbocycles. The predicted molar refractivity (Wildman–Crippen MR) is 106 cm³/mol. The molecule has 0 aliphatic heterocycles. The summed E-state index contributed by atoms with van der Waals surface area (Å²) in [4.78, 5) is 16.5. The van der Waals surface area contributed by atoms with Crippen LogP contribution >= 0.6 is 11.6 Å². The molecular formula is C20H18ClN3O3. The molecule has 0 radical (unpaired) electrons. The molecule has 1 aromatic heterocycles.